The molecule has 1 aliphatic heterocycles. The van der Waals surface area contributed by atoms with Gasteiger partial charge in [0.05, 0.1) is 10.6 Å². The van der Waals surface area contributed by atoms with Gasteiger partial charge in [0.25, 0.3) is 0 Å². The van der Waals surface area contributed by atoms with Crippen LogP contribution in [0.5, 0.6) is 0 Å². The number of nitrogens with zero attached hydrogens (tertiary/aromatic N) is 2. The van der Waals surface area contributed by atoms with Gasteiger partial charge in [-0.1, -0.05) is 30.3 Å². The van der Waals surface area contributed by atoms with E-state index in [0.29, 0.717) is 36.0 Å². The van der Waals surface area contributed by atoms with Crippen molar-refractivity contribution in [3.63, 3.8) is 0 Å². The van der Waals surface area contributed by atoms with Gasteiger partial charge in [-0.25, -0.2) is 13.4 Å². The van der Waals surface area contributed by atoms with Gasteiger partial charge in [0.2, 0.25) is 15.9 Å². The first-order chi connectivity index (χ1) is 14.5. The van der Waals surface area contributed by atoms with Crippen molar-refractivity contribution < 1.29 is 13.2 Å². The summed E-state index contributed by atoms with van der Waals surface area (Å²) in [5.41, 5.74) is 1.12. The quantitative estimate of drug-likeness (QED) is 0.667. The summed E-state index contributed by atoms with van der Waals surface area (Å²) in [7, 11) is -3.57. The summed E-state index contributed by atoms with van der Waals surface area (Å²) in [6, 6.07) is 13.0. The summed E-state index contributed by atoms with van der Waals surface area (Å²) in [6.45, 7) is 0.698. The summed E-state index contributed by atoms with van der Waals surface area (Å²) < 4.78 is 27.7. The first kappa shape index (κ1) is 19.7. The molecule has 1 amide bonds. The molecular weight excluding hydrogens is 418 g/mol. The summed E-state index contributed by atoms with van der Waals surface area (Å²) >= 11 is 1.57. The number of hydrogen-bond donors (Lipinski definition) is 1. The highest BCUT2D eigenvalue weighted by Gasteiger charge is 2.32. The molecule has 1 fully saturated rings. The van der Waals surface area contributed by atoms with Gasteiger partial charge in [-0.3, -0.25) is 4.79 Å². The lowest BCUT2D eigenvalue weighted by Gasteiger charge is -2.30. The van der Waals surface area contributed by atoms with E-state index in [1.807, 2.05) is 30.3 Å². The number of aromatic nitrogens is 1. The Morgan fingerprint density at radius 1 is 1.07 bits per heavy atom. The lowest BCUT2D eigenvalue weighted by molar-refractivity contribution is -0.120. The fourth-order valence-corrected chi connectivity index (χ4v) is 6.84. The number of fused-ring (bicyclic) bond motifs is 2. The second kappa shape index (κ2) is 7.76. The Hall–Kier alpha value is -2.29. The SMILES string of the molecule is O=C(Nc1nc2c(s1)CCC2)C1CCN(S(=O)(=O)c2ccc3ccccc3c2)CC1. The van der Waals surface area contributed by atoms with E-state index >= 15 is 0 Å². The summed E-state index contributed by atoms with van der Waals surface area (Å²) in [4.78, 5) is 18.8. The number of rotatable bonds is 4. The fraction of sp³-hybridized carbons (Fsp3) is 0.364. The maximum atomic E-state index is 13.1. The van der Waals surface area contributed by atoms with Crippen molar-refractivity contribution in [2.75, 3.05) is 18.4 Å². The highest BCUT2D eigenvalue weighted by Crippen LogP contribution is 2.32. The molecule has 1 aromatic heterocycles. The van der Waals surface area contributed by atoms with Crippen molar-refractivity contribution in [2.24, 2.45) is 5.92 Å². The van der Waals surface area contributed by atoms with Crippen LogP contribution >= 0.6 is 11.3 Å². The van der Waals surface area contributed by atoms with Gasteiger partial charge in [0.1, 0.15) is 0 Å². The molecule has 2 aliphatic rings. The third-order valence-electron chi connectivity index (χ3n) is 6.01. The van der Waals surface area contributed by atoms with E-state index in [1.54, 1.807) is 23.5 Å². The normalized spacial score (nSPS) is 17.9. The summed E-state index contributed by atoms with van der Waals surface area (Å²) in [6.07, 6.45) is 4.22. The van der Waals surface area contributed by atoms with Crippen LogP contribution in [-0.2, 0) is 27.7 Å². The second-order valence-corrected chi connectivity index (χ2v) is 10.9. The van der Waals surface area contributed by atoms with Crippen LogP contribution in [0.1, 0.15) is 29.8 Å². The van der Waals surface area contributed by atoms with Gasteiger partial charge in [0.15, 0.2) is 5.13 Å². The fourth-order valence-electron chi connectivity index (χ4n) is 4.29. The van der Waals surface area contributed by atoms with Crippen LogP contribution in [0.4, 0.5) is 5.13 Å². The van der Waals surface area contributed by atoms with Gasteiger partial charge in [-0.2, -0.15) is 4.31 Å². The standard InChI is InChI=1S/C22H23N3O3S2/c26-21(24-22-23-19-6-3-7-20(19)29-22)16-10-12-25(13-11-16)30(27,28)18-9-8-15-4-1-2-5-17(15)14-18/h1-2,4-5,8-9,14,16H,3,6-7,10-13H2,(H,23,24,26). The number of thiazole rings is 1. The average molecular weight is 442 g/mol. The molecule has 1 N–H and O–H groups in total. The molecule has 0 unspecified atom stereocenters. The molecular formula is C22H23N3O3S2. The summed E-state index contributed by atoms with van der Waals surface area (Å²) in [5, 5.41) is 5.54. The van der Waals surface area contributed by atoms with Crippen LogP contribution in [0.2, 0.25) is 0 Å². The Morgan fingerprint density at radius 3 is 2.60 bits per heavy atom. The van der Waals surface area contributed by atoms with E-state index in [2.05, 4.69) is 10.3 Å². The zero-order chi connectivity index (χ0) is 20.7. The van der Waals surface area contributed by atoms with Gasteiger partial charge < -0.3 is 5.32 Å². The average Bonchev–Trinajstić information content (AvgIpc) is 3.35. The van der Waals surface area contributed by atoms with Crippen molar-refractivity contribution in [2.45, 2.75) is 37.0 Å². The molecule has 30 heavy (non-hydrogen) atoms. The van der Waals surface area contributed by atoms with Crippen molar-refractivity contribution in [1.29, 1.82) is 0 Å². The molecule has 2 aromatic carbocycles. The van der Waals surface area contributed by atoms with Crippen molar-refractivity contribution >= 4 is 43.2 Å². The minimum absolute atomic E-state index is 0.0508. The highest BCUT2D eigenvalue weighted by molar-refractivity contribution is 7.89. The van der Waals surface area contributed by atoms with E-state index in [1.165, 1.54) is 9.18 Å². The predicted molar refractivity (Wildman–Crippen MR) is 118 cm³/mol. The van der Waals surface area contributed by atoms with Crippen LogP contribution in [0.3, 0.4) is 0 Å². The zero-order valence-corrected chi connectivity index (χ0v) is 18.1. The first-order valence-corrected chi connectivity index (χ1v) is 12.5. The number of carbonyl (C=O) groups excluding carboxylic acids is 1. The monoisotopic (exact) mass is 441 g/mol. The topological polar surface area (TPSA) is 79.4 Å². The Bertz CT molecular complexity index is 1190. The smallest absolute Gasteiger partial charge is 0.243 e. The number of benzene rings is 2. The number of anilines is 1. The molecule has 6 nitrogen and oxygen atoms in total. The number of nitrogens with one attached hydrogen (secondary N) is 1. The molecule has 2 heterocycles. The summed E-state index contributed by atoms with van der Waals surface area (Å²) in [5.74, 6) is -0.239. The maximum Gasteiger partial charge on any atom is 0.243 e. The predicted octanol–water partition coefficient (Wildman–Crippen LogP) is 3.82. The Kier molecular flexibility index (Phi) is 5.08. The molecule has 8 heteroatoms. The molecule has 0 saturated carbocycles. The molecule has 0 radical (unpaired) electrons. The van der Waals surface area contributed by atoms with E-state index in [4.69, 9.17) is 0 Å². The lowest BCUT2D eigenvalue weighted by atomic mass is 9.97. The zero-order valence-electron chi connectivity index (χ0n) is 16.5. The molecule has 1 saturated heterocycles. The van der Waals surface area contributed by atoms with Crippen LogP contribution in [-0.4, -0.2) is 36.7 Å². The Labute approximate surface area is 180 Å². The van der Waals surface area contributed by atoms with Gasteiger partial charge in [-0.05, 0) is 55.0 Å². The number of hydrogen-bond acceptors (Lipinski definition) is 5. The van der Waals surface area contributed by atoms with Gasteiger partial charge in [-0.15, -0.1) is 11.3 Å². The van der Waals surface area contributed by atoms with Gasteiger partial charge in [0, 0.05) is 23.9 Å². The van der Waals surface area contributed by atoms with Crippen LogP contribution in [0, 0.1) is 5.92 Å². The molecule has 1 aliphatic carbocycles. The number of piperidine rings is 1. The van der Waals surface area contributed by atoms with Crippen molar-refractivity contribution in [3.8, 4) is 0 Å². The third-order valence-corrected chi connectivity index (χ3v) is 8.98. The van der Waals surface area contributed by atoms with Crippen molar-refractivity contribution in [3.05, 3.63) is 53.0 Å². The van der Waals surface area contributed by atoms with Crippen LogP contribution in [0.25, 0.3) is 10.8 Å². The van der Waals surface area contributed by atoms with Crippen molar-refractivity contribution in [1.82, 2.24) is 9.29 Å². The van der Waals surface area contributed by atoms with Crippen LogP contribution < -0.4 is 5.32 Å². The van der Waals surface area contributed by atoms with E-state index < -0.39 is 10.0 Å². The van der Waals surface area contributed by atoms with E-state index in [9.17, 15) is 13.2 Å². The maximum absolute atomic E-state index is 13.1. The first-order valence-electron chi connectivity index (χ1n) is 10.3. The molecule has 5 rings (SSSR count). The number of carbonyl (C=O) groups is 1. The Morgan fingerprint density at radius 2 is 1.83 bits per heavy atom. The molecule has 0 atom stereocenters. The third kappa shape index (κ3) is 3.64. The second-order valence-electron chi connectivity index (χ2n) is 7.92. The minimum atomic E-state index is -3.57. The lowest BCUT2D eigenvalue weighted by Crippen LogP contribution is -2.41. The highest BCUT2D eigenvalue weighted by atomic mass is 32.2. The van der Waals surface area contributed by atoms with Gasteiger partial charge >= 0.3 is 0 Å². The molecule has 3 aromatic rings. The molecule has 156 valence electrons. The largest absolute Gasteiger partial charge is 0.302 e. The number of aryl methyl sites for hydroxylation is 2. The van der Waals surface area contributed by atoms with E-state index in [-0.39, 0.29) is 11.8 Å². The number of amides is 1. The molecule has 0 spiro atoms. The Balaban J connectivity index is 1.24. The number of sulfonamides is 1. The van der Waals surface area contributed by atoms with Crippen LogP contribution in [0.15, 0.2) is 47.4 Å². The minimum Gasteiger partial charge on any atom is -0.302 e. The van der Waals surface area contributed by atoms with E-state index in [0.717, 1.165) is 35.7 Å². The molecule has 0 bridgehead atoms.